The van der Waals surface area contributed by atoms with Crippen molar-refractivity contribution in [2.75, 3.05) is 29.9 Å². The Morgan fingerprint density at radius 1 is 1.16 bits per heavy atom. The molecule has 0 spiro atoms. The van der Waals surface area contributed by atoms with Crippen LogP contribution < -0.4 is 26.8 Å². The Labute approximate surface area is 184 Å². The summed E-state index contributed by atoms with van der Waals surface area (Å²) in [6.07, 6.45) is 1.66. The van der Waals surface area contributed by atoms with Gasteiger partial charge in [-0.25, -0.2) is 0 Å². The number of piperidine rings is 1. The van der Waals surface area contributed by atoms with Crippen LogP contribution in [0.3, 0.4) is 0 Å². The van der Waals surface area contributed by atoms with Crippen molar-refractivity contribution in [3.05, 3.63) is 51.8 Å². The Bertz CT molecular complexity index is 1080. The van der Waals surface area contributed by atoms with Gasteiger partial charge in [0.05, 0.1) is 11.5 Å². The number of nitrogens with zero attached hydrogens (tertiary/aromatic N) is 2. The summed E-state index contributed by atoms with van der Waals surface area (Å²) in [6, 6.07) is 9.72. The van der Waals surface area contributed by atoms with Gasteiger partial charge in [-0.2, -0.15) is 4.98 Å². The second kappa shape index (κ2) is 9.21. The Hall–Kier alpha value is -3.69. The first kappa shape index (κ1) is 21.5. The molecular weight excluding hydrogens is 412 g/mol. The number of anilines is 2. The number of nitrogens with one attached hydrogen (secondary N) is 3. The van der Waals surface area contributed by atoms with Crippen LogP contribution in [0.25, 0.3) is 0 Å². The fraction of sp³-hybridized carbons (Fsp3) is 0.409. The second-order valence-electron chi connectivity index (χ2n) is 8.15. The van der Waals surface area contributed by atoms with Gasteiger partial charge in [0.25, 0.3) is 5.56 Å². The average molecular weight is 438 g/mol. The van der Waals surface area contributed by atoms with E-state index in [2.05, 4.69) is 20.6 Å². The van der Waals surface area contributed by atoms with Crippen molar-refractivity contribution in [2.24, 2.45) is 11.7 Å². The highest BCUT2D eigenvalue weighted by Gasteiger charge is 2.35. The molecule has 5 N–H and O–H groups in total. The van der Waals surface area contributed by atoms with E-state index in [0.717, 1.165) is 5.56 Å². The number of carbonyl (C=O) groups is 3. The van der Waals surface area contributed by atoms with Crippen LogP contribution in [0.4, 0.5) is 11.8 Å². The number of hydrogen-bond donors (Lipinski definition) is 4. The van der Waals surface area contributed by atoms with Gasteiger partial charge in [-0.15, -0.1) is 0 Å². The molecule has 0 unspecified atom stereocenters. The lowest BCUT2D eigenvalue weighted by atomic mass is 9.92. The van der Waals surface area contributed by atoms with Crippen LogP contribution in [0.1, 0.15) is 36.3 Å². The van der Waals surface area contributed by atoms with Gasteiger partial charge in [-0.05, 0) is 24.8 Å². The molecule has 0 aliphatic carbocycles. The van der Waals surface area contributed by atoms with Crippen molar-refractivity contribution < 1.29 is 14.4 Å². The lowest BCUT2D eigenvalue weighted by Crippen LogP contribution is -2.42. The number of aromatic amines is 1. The standard InChI is InChI=1S/C22H26N6O4/c23-18(30)14-7-10-28(11-8-14)22-26-19-17(21(32)27-22)15(12-16(29)25-19)20(31)24-9-6-13-4-2-1-3-5-13/h1-5,14-15H,6-12H2,(H2,23,30)(H,24,31)(H2,25,26,27,29,32)/t15-/m1/s1. The van der Waals surface area contributed by atoms with Gasteiger partial charge < -0.3 is 21.3 Å². The number of carbonyl (C=O) groups excluding carboxylic acids is 3. The Morgan fingerprint density at radius 2 is 1.88 bits per heavy atom. The zero-order valence-electron chi connectivity index (χ0n) is 17.6. The van der Waals surface area contributed by atoms with Crippen molar-refractivity contribution in [2.45, 2.75) is 31.6 Å². The Morgan fingerprint density at radius 3 is 2.56 bits per heavy atom. The maximum absolute atomic E-state index is 12.9. The predicted octanol–water partition coefficient (Wildman–Crippen LogP) is 0.256. The summed E-state index contributed by atoms with van der Waals surface area (Å²) in [4.78, 5) is 58.3. The molecule has 2 aromatic rings. The number of benzene rings is 1. The van der Waals surface area contributed by atoms with Crippen molar-refractivity contribution in [3.63, 3.8) is 0 Å². The van der Waals surface area contributed by atoms with E-state index in [9.17, 15) is 19.2 Å². The third-order valence-corrected chi connectivity index (χ3v) is 6.01. The van der Waals surface area contributed by atoms with Gasteiger partial charge in [0.1, 0.15) is 5.82 Å². The van der Waals surface area contributed by atoms with E-state index in [1.807, 2.05) is 35.2 Å². The van der Waals surface area contributed by atoms with E-state index in [0.29, 0.717) is 44.8 Å². The summed E-state index contributed by atoms with van der Waals surface area (Å²) < 4.78 is 0. The normalized spacial score (nSPS) is 18.6. The van der Waals surface area contributed by atoms with Gasteiger partial charge in [-0.3, -0.25) is 24.2 Å². The van der Waals surface area contributed by atoms with E-state index in [1.165, 1.54) is 0 Å². The van der Waals surface area contributed by atoms with Crippen LogP contribution in [0, 0.1) is 5.92 Å². The van der Waals surface area contributed by atoms with Crippen LogP contribution in [0.2, 0.25) is 0 Å². The van der Waals surface area contributed by atoms with Gasteiger partial charge in [0, 0.05) is 32.0 Å². The number of nitrogens with two attached hydrogens (primary N) is 1. The lowest BCUT2D eigenvalue weighted by molar-refractivity contribution is -0.126. The molecule has 4 rings (SSSR count). The minimum Gasteiger partial charge on any atom is -0.369 e. The first-order valence-electron chi connectivity index (χ1n) is 10.7. The SMILES string of the molecule is NC(=O)C1CCN(c2nc3c(c(=O)[nH]2)[C@H](C(=O)NCCc2ccccc2)CC(=O)N3)CC1. The quantitative estimate of drug-likeness (QED) is 0.508. The summed E-state index contributed by atoms with van der Waals surface area (Å²) in [5, 5.41) is 5.45. The van der Waals surface area contributed by atoms with Crippen LogP contribution in [-0.4, -0.2) is 47.3 Å². The Balaban J connectivity index is 1.48. The van der Waals surface area contributed by atoms with Crippen LogP contribution in [0.15, 0.2) is 35.1 Å². The molecule has 2 aliphatic rings. The molecule has 1 fully saturated rings. The molecule has 0 saturated carbocycles. The highest BCUT2D eigenvalue weighted by atomic mass is 16.2. The molecular formula is C22H26N6O4. The van der Waals surface area contributed by atoms with E-state index in [-0.39, 0.29) is 41.4 Å². The topological polar surface area (TPSA) is 150 Å². The molecule has 0 radical (unpaired) electrons. The maximum atomic E-state index is 12.9. The lowest BCUT2D eigenvalue weighted by Gasteiger charge is -2.32. The van der Waals surface area contributed by atoms with Crippen LogP contribution >= 0.6 is 0 Å². The monoisotopic (exact) mass is 438 g/mol. The van der Waals surface area contributed by atoms with Crippen molar-refractivity contribution in [1.29, 1.82) is 0 Å². The van der Waals surface area contributed by atoms with Gasteiger partial charge in [0.15, 0.2) is 0 Å². The molecule has 1 aromatic carbocycles. The molecule has 1 aromatic heterocycles. The molecule has 168 valence electrons. The van der Waals surface area contributed by atoms with Crippen molar-refractivity contribution in [3.8, 4) is 0 Å². The first-order chi connectivity index (χ1) is 15.4. The highest BCUT2D eigenvalue weighted by molar-refractivity contribution is 6.00. The number of fused-ring (bicyclic) bond motifs is 1. The molecule has 2 aliphatic heterocycles. The van der Waals surface area contributed by atoms with E-state index in [4.69, 9.17) is 5.73 Å². The molecule has 10 nitrogen and oxygen atoms in total. The molecule has 3 amide bonds. The second-order valence-corrected chi connectivity index (χ2v) is 8.15. The first-order valence-corrected chi connectivity index (χ1v) is 10.7. The largest absolute Gasteiger partial charge is 0.369 e. The smallest absolute Gasteiger partial charge is 0.258 e. The van der Waals surface area contributed by atoms with E-state index >= 15 is 0 Å². The number of rotatable bonds is 6. The molecule has 0 bridgehead atoms. The third-order valence-electron chi connectivity index (χ3n) is 6.01. The minimum atomic E-state index is -0.902. The maximum Gasteiger partial charge on any atom is 0.258 e. The minimum absolute atomic E-state index is 0.111. The van der Waals surface area contributed by atoms with Crippen LogP contribution in [0.5, 0.6) is 0 Å². The fourth-order valence-corrected chi connectivity index (χ4v) is 4.21. The summed E-state index contributed by atoms with van der Waals surface area (Å²) in [5.41, 5.74) is 6.17. The average Bonchev–Trinajstić information content (AvgIpc) is 2.79. The van der Waals surface area contributed by atoms with Crippen molar-refractivity contribution >= 4 is 29.5 Å². The number of primary amides is 1. The Kier molecular flexibility index (Phi) is 6.20. The van der Waals surface area contributed by atoms with Gasteiger partial charge in [0.2, 0.25) is 23.7 Å². The number of hydrogen-bond acceptors (Lipinski definition) is 6. The van der Waals surface area contributed by atoms with E-state index in [1.54, 1.807) is 0 Å². The zero-order chi connectivity index (χ0) is 22.7. The van der Waals surface area contributed by atoms with E-state index < -0.39 is 11.5 Å². The molecule has 32 heavy (non-hydrogen) atoms. The number of amides is 3. The molecule has 1 atom stereocenters. The summed E-state index contributed by atoms with van der Waals surface area (Å²) in [6.45, 7) is 1.41. The molecule has 3 heterocycles. The van der Waals surface area contributed by atoms with Gasteiger partial charge >= 0.3 is 0 Å². The molecule has 1 saturated heterocycles. The third kappa shape index (κ3) is 4.63. The fourth-order valence-electron chi connectivity index (χ4n) is 4.21. The molecule has 10 heteroatoms. The number of aromatic nitrogens is 2. The van der Waals surface area contributed by atoms with Gasteiger partial charge in [-0.1, -0.05) is 30.3 Å². The summed E-state index contributed by atoms with van der Waals surface area (Å²) in [5.74, 6) is -1.75. The zero-order valence-corrected chi connectivity index (χ0v) is 17.6. The van der Waals surface area contributed by atoms with Crippen LogP contribution in [-0.2, 0) is 20.8 Å². The highest BCUT2D eigenvalue weighted by Crippen LogP contribution is 2.30. The van der Waals surface area contributed by atoms with Crippen molar-refractivity contribution in [1.82, 2.24) is 15.3 Å². The summed E-state index contributed by atoms with van der Waals surface area (Å²) in [7, 11) is 0. The number of H-pyrrole nitrogens is 1. The predicted molar refractivity (Wildman–Crippen MR) is 118 cm³/mol. The summed E-state index contributed by atoms with van der Waals surface area (Å²) >= 11 is 0.